The third-order valence-electron chi connectivity index (χ3n) is 3.82. The zero-order chi connectivity index (χ0) is 17.9. The molecule has 0 bridgehead atoms. The second-order valence-electron chi connectivity index (χ2n) is 5.58. The summed E-state index contributed by atoms with van der Waals surface area (Å²) in [6, 6.07) is 12.9. The highest BCUT2D eigenvalue weighted by atomic mass is 32.2. The van der Waals surface area contributed by atoms with Crippen LogP contribution in [0.5, 0.6) is 17.2 Å². The first-order chi connectivity index (χ1) is 12.7. The van der Waals surface area contributed by atoms with Gasteiger partial charge in [-0.2, -0.15) is 0 Å². The minimum Gasteiger partial charge on any atom is -0.497 e. The fourth-order valence-electron chi connectivity index (χ4n) is 2.56. The standard InChI is InChI=1S/C19H16N2O4S/c1-23-14-5-3-13(4-6-14)20-19-21-18(22)17(26-19)11-12-2-7-15-16(10-12)25-9-8-24-15/h2-7,10-11H,8-9H2,1H3,(H,20,21,22)/b17-11+. The average molecular weight is 368 g/mol. The van der Waals surface area contributed by atoms with Crippen LogP contribution in [0.4, 0.5) is 5.69 Å². The van der Waals surface area contributed by atoms with E-state index in [1.54, 1.807) is 7.11 Å². The Balaban J connectivity index is 1.53. The molecule has 7 heteroatoms. The number of thioether (sulfide) groups is 1. The fourth-order valence-corrected chi connectivity index (χ4v) is 3.40. The molecule has 1 amide bonds. The van der Waals surface area contributed by atoms with Crippen LogP contribution in [0.1, 0.15) is 5.56 Å². The van der Waals surface area contributed by atoms with Crippen molar-refractivity contribution >= 4 is 34.6 Å². The number of hydrogen-bond acceptors (Lipinski definition) is 6. The van der Waals surface area contributed by atoms with Gasteiger partial charge in [0.25, 0.3) is 5.91 Å². The quantitative estimate of drug-likeness (QED) is 0.842. The molecule has 1 fully saturated rings. The summed E-state index contributed by atoms with van der Waals surface area (Å²) in [4.78, 5) is 17.2. The van der Waals surface area contributed by atoms with Crippen LogP contribution in [-0.4, -0.2) is 31.4 Å². The Morgan fingerprint density at radius 2 is 1.88 bits per heavy atom. The zero-order valence-electron chi connectivity index (χ0n) is 14.0. The lowest BCUT2D eigenvalue weighted by Gasteiger charge is -2.18. The maximum Gasteiger partial charge on any atom is 0.264 e. The Bertz CT molecular complexity index is 906. The number of nitrogens with zero attached hydrogens (tertiary/aromatic N) is 1. The van der Waals surface area contributed by atoms with Crippen molar-refractivity contribution in [2.45, 2.75) is 0 Å². The van der Waals surface area contributed by atoms with Crippen molar-refractivity contribution in [1.82, 2.24) is 5.32 Å². The van der Waals surface area contributed by atoms with Crippen molar-refractivity contribution in [2.75, 3.05) is 20.3 Å². The lowest BCUT2D eigenvalue weighted by atomic mass is 10.2. The Kier molecular flexibility index (Phi) is 4.53. The zero-order valence-corrected chi connectivity index (χ0v) is 14.8. The predicted molar refractivity (Wildman–Crippen MR) is 101 cm³/mol. The first kappa shape index (κ1) is 16.5. The average Bonchev–Trinajstić information content (AvgIpc) is 3.01. The molecule has 0 saturated carbocycles. The van der Waals surface area contributed by atoms with Crippen LogP contribution in [-0.2, 0) is 4.79 Å². The minimum absolute atomic E-state index is 0.169. The van der Waals surface area contributed by atoms with Gasteiger partial charge in [0, 0.05) is 0 Å². The van der Waals surface area contributed by atoms with Crippen molar-refractivity contribution in [3.63, 3.8) is 0 Å². The highest BCUT2D eigenvalue weighted by molar-refractivity contribution is 8.18. The topological polar surface area (TPSA) is 69.2 Å². The number of carbonyl (C=O) groups is 1. The van der Waals surface area contributed by atoms with Gasteiger partial charge in [-0.05, 0) is 59.8 Å². The van der Waals surface area contributed by atoms with Gasteiger partial charge in [0.15, 0.2) is 16.7 Å². The van der Waals surface area contributed by atoms with Crippen molar-refractivity contribution in [1.29, 1.82) is 0 Å². The molecule has 2 aromatic carbocycles. The van der Waals surface area contributed by atoms with Crippen LogP contribution < -0.4 is 19.5 Å². The summed E-state index contributed by atoms with van der Waals surface area (Å²) in [6.45, 7) is 1.08. The van der Waals surface area contributed by atoms with Crippen LogP contribution in [0.3, 0.4) is 0 Å². The molecule has 2 aromatic rings. The fraction of sp³-hybridized carbons (Fsp3) is 0.158. The van der Waals surface area contributed by atoms with E-state index in [2.05, 4.69) is 10.3 Å². The molecule has 0 aliphatic carbocycles. The molecule has 132 valence electrons. The van der Waals surface area contributed by atoms with Crippen LogP contribution in [0.25, 0.3) is 6.08 Å². The molecule has 0 spiro atoms. The second kappa shape index (κ2) is 7.13. The number of amidine groups is 1. The first-order valence-electron chi connectivity index (χ1n) is 8.04. The van der Waals surface area contributed by atoms with E-state index in [0.717, 1.165) is 22.7 Å². The second-order valence-corrected chi connectivity index (χ2v) is 6.61. The molecule has 1 N–H and O–H groups in total. The maximum absolute atomic E-state index is 12.2. The van der Waals surface area contributed by atoms with Gasteiger partial charge in [-0.3, -0.25) is 4.79 Å². The summed E-state index contributed by atoms with van der Waals surface area (Å²) in [5.41, 5.74) is 1.62. The molecule has 0 radical (unpaired) electrons. The highest BCUT2D eigenvalue weighted by Gasteiger charge is 2.24. The van der Waals surface area contributed by atoms with E-state index >= 15 is 0 Å². The number of ether oxygens (including phenoxy) is 3. The number of methoxy groups -OCH3 is 1. The molecule has 2 heterocycles. The number of benzene rings is 2. The number of aliphatic imine (C=N–C) groups is 1. The summed E-state index contributed by atoms with van der Waals surface area (Å²) >= 11 is 1.30. The van der Waals surface area contributed by atoms with E-state index in [0.29, 0.717) is 29.0 Å². The Labute approximate surface area is 154 Å². The highest BCUT2D eigenvalue weighted by Crippen LogP contribution is 2.33. The molecule has 0 unspecified atom stereocenters. The van der Waals surface area contributed by atoms with Crippen LogP contribution in [0.2, 0.25) is 0 Å². The monoisotopic (exact) mass is 368 g/mol. The van der Waals surface area contributed by atoms with Crippen LogP contribution in [0.15, 0.2) is 52.4 Å². The van der Waals surface area contributed by atoms with Gasteiger partial charge in [0.1, 0.15) is 19.0 Å². The lowest BCUT2D eigenvalue weighted by molar-refractivity contribution is -0.115. The summed E-state index contributed by atoms with van der Waals surface area (Å²) in [6.07, 6.45) is 1.81. The first-order valence-corrected chi connectivity index (χ1v) is 8.86. The van der Waals surface area contributed by atoms with E-state index in [1.165, 1.54) is 11.8 Å². The van der Waals surface area contributed by atoms with Gasteiger partial charge in [0.2, 0.25) is 0 Å². The van der Waals surface area contributed by atoms with Crippen molar-refractivity contribution in [2.24, 2.45) is 4.99 Å². The number of rotatable bonds is 3. The summed E-state index contributed by atoms with van der Waals surface area (Å²) in [5.74, 6) is 2.01. The number of amides is 1. The molecule has 26 heavy (non-hydrogen) atoms. The third kappa shape index (κ3) is 3.52. The smallest absolute Gasteiger partial charge is 0.264 e. The number of hydrogen-bond donors (Lipinski definition) is 1. The Morgan fingerprint density at radius 1 is 1.12 bits per heavy atom. The normalized spacial score (nSPS) is 18.9. The molecule has 2 aliphatic rings. The predicted octanol–water partition coefficient (Wildman–Crippen LogP) is 3.36. The van der Waals surface area contributed by atoms with Crippen LogP contribution >= 0.6 is 11.8 Å². The minimum atomic E-state index is -0.169. The van der Waals surface area contributed by atoms with E-state index in [4.69, 9.17) is 14.2 Å². The van der Waals surface area contributed by atoms with E-state index in [-0.39, 0.29) is 5.91 Å². The van der Waals surface area contributed by atoms with Crippen molar-refractivity contribution < 1.29 is 19.0 Å². The van der Waals surface area contributed by atoms with Gasteiger partial charge in [0.05, 0.1) is 17.7 Å². The van der Waals surface area contributed by atoms with E-state index in [1.807, 2.05) is 48.5 Å². The molecule has 1 saturated heterocycles. The van der Waals surface area contributed by atoms with Gasteiger partial charge < -0.3 is 19.5 Å². The molecule has 0 aromatic heterocycles. The Hall–Kier alpha value is -2.93. The maximum atomic E-state index is 12.2. The third-order valence-corrected chi connectivity index (χ3v) is 4.73. The number of fused-ring (bicyclic) bond motifs is 1. The van der Waals surface area contributed by atoms with Gasteiger partial charge >= 0.3 is 0 Å². The van der Waals surface area contributed by atoms with Crippen LogP contribution in [0, 0.1) is 0 Å². The lowest BCUT2D eigenvalue weighted by Crippen LogP contribution is -2.19. The molecular formula is C19H16N2O4S. The summed E-state index contributed by atoms with van der Waals surface area (Å²) < 4.78 is 16.2. The van der Waals surface area contributed by atoms with Crippen molar-refractivity contribution in [3.05, 3.63) is 52.9 Å². The molecule has 2 aliphatic heterocycles. The van der Waals surface area contributed by atoms with Gasteiger partial charge in [-0.15, -0.1) is 0 Å². The largest absolute Gasteiger partial charge is 0.497 e. The summed E-state index contributed by atoms with van der Waals surface area (Å²) in [7, 11) is 1.61. The molecule has 4 rings (SSSR count). The molecule has 0 atom stereocenters. The van der Waals surface area contributed by atoms with Crippen molar-refractivity contribution in [3.8, 4) is 17.2 Å². The number of nitrogens with one attached hydrogen (secondary N) is 1. The Morgan fingerprint density at radius 3 is 2.65 bits per heavy atom. The molecular weight excluding hydrogens is 352 g/mol. The van der Waals surface area contributed by atoms with E-state index < -0.39 is 0 Å². The molecule has 6 nitrogen and oxygen atoms in total. The number of carbonyl (C=O) groups excluding carboxylic acids is 1. The summed E-state index contributed by atoms with van der Waals surface area (Å²) in [5, 5.41) is 3.33. The van der Waals surface area contributed by atoms with Gasteiger partial charge in [-0.1, -0.05) is 6.07 Å². The SMILES string of the molecule is COc1ccc(N=C2NC(=O)/C(=C\c3ccc4c(c3)OCCO4)S2)cc1. The van der Waals surface area contributed by atoms with E-state index in [9.17, 15) is 4.79 Å². The van der Waals surface area contributed by atoms with Gasteiger partial charge in [-0.25, -0.2) is 4.99 Å².